The highest BCUT2D eigenvalue weighted by Gasteiger charge is 2.33. The number of carbonyl (C=O) groups is 1. The molecule has 6 rings (SSSR count). The van der Waals surface area contributed by atoms with Gasteiger partial charge in [-0.3, -0.25) is 14.5 Å². The number of alkyl halides is 3. The number of aryl methyl sites for hydroxylation is 1. The first kappa shape index (κ1) is 23.7. The highest BCUT2D eigenvalue weighted by atomic mass is 19.4. The number of amides is 1. The number of hydrogen-bond acceptors (Lipinski definition) is 6. The maximum absolute atomic E-state index is 13.5. The fraction of sp³-hybridized carbons (Fsp3) is 0.185. The first-order valence-corrected chi connectivity index (χ1v) is 11.7. The van der Waals surface area contributed by atoms with Gasteiger partial charge in [-0.1, -0.05) is 12.1 Å². The van der Waals surface area contributed by atoms with E-state index >= 15 is 0 Å². The van der Waals surface area contributed by atoms with Crippen molar-refractivity contribution in [3.05, 3.63) is 77.7 Å². The number of aromatic nitrogens is 4. The Morgan fingerprint density at radius 3 is 2.68 bits per heavy atom. The van der Waals surface area contributed by atoms with Gasteiger partial charge in [-0.05, 0) is 35.9 Å². The zero-order chi connectivity index (χ0) is 26.8. The standard InChI is InChI=1S/C27H21F3N6O2/c1-35(26(37)15-4-6-21-19(8-15)24-20(25(31)34-21)12-33-36(24)2)22-13-38-23-9-14(3-5-18(22)23)16-7-17(11-32-10-16)27(28,29)30/h3-12,22H,13H2,1-2H3,(H2,31,34)/t22-/m1/s1. The number of rotatable bonds is 3. The Kier molecular flexibility index (Phi) is 5.26. The SMILES string of the molecule is CN(C(=O)c1ccc2nc(N)c3cnn(C)c3c2c1)[C@@H]1COc2cc(-c3cncc(C(F)(F)F)c3)ccc21. The number of pyridine rings is 2. The summed E-state index contributed by atoms with van der Waals surface area (Å²) in [6.45, 7) is 0.222. The van der Waals surface area contributed by atoms with Crippen LogP contribution in [-0.4, -0.2) is 44.2 Å². The molecular formula is C27H21F3N6O2. The van der Waals surface area contributed by atoms with Crippen molar-refractivity contribution in [1.29, 1.82) is 0 Å². The van der Waals surface area contributed by atoms with Gasteiger partial charge in [0.2, 0.25) is 0 Å². The van der Waals surface area contributed by atoms with E-state index in [0.717, 1.165) is 28.7 Å². The molecule has 1 aliphatic rings. The van der Waals surface area contributed by atoms with Crippen LogP contribution in [0.15, 0.2) is 61.1 Å². The molecule has 8 nitrogen and oxygen atoms in total. The molecule has 0 unspecified atom stereocenters. The second-order valence-corrected chi connectivity index (χ2v) is 9.21. The number of likely N-dealkylation sites (N-methyl/N-ethyl adjacent to an activating group) is 1. The fourth-order valence-corrected chi connectivity index (χ4v) is 4.88. The number of ether oxygens (including phenoxy) is 1. The maximum atomic E-state index is 13.5. The Labute approximate surface area is 214 Å². The smallest absolute Gasteiger partial charge is 0.417 e. The number of nitrogen functional groups attached to an aromatic ring is 1. The van der Waals surface area contributed by atoms with E-state index < -0.39 is 11.7 Å². The highest BCUT2D eigenvalue weighted by molar-refractivity contribution is 6.10. The summed E-state index contributed by atoms with van der Waals surface area (Å²) in [5, 5.41) is 5.75. The van der Waals surface area contributed by atoms with Gasteiger partial charge in [-0.25, -0.2) is 4.98 Å². The van der Waals surface area contributed by atoms with Crippen molar-refractivity contribution in [2.75, 3.05) is 19.4 Å². The molecule has 1 amide bonds. The van der Waals surface area contributed by atoms with Gasteiger partial charge in [0, 0.05) is 48.6 Å². The van der Waals surface area contributed by atoms with E-state index in [4.69, 9.17) is 10.5 Å². The lowest BCUT2D eigenvalue weighted by molar-refractivity contribution is -0.137. The number of fused-ring (bicyclic) bond motifs is 4. The van der Waals surface area contributed by atoms with E-state index in [9.17, 15) is 18.0 Å². The maximum Gasteiger partial charge on any atom is 0.417 e. The lowest BCUT2D eigenvalue weighted by Crippen LogP contribution is -2.32. The van der Waals surface area contributed by atoms with Gasteiger partial charge in [0.15, 0.2) is 0 Å². The van der Waals surface area contributed by atoms with Crippen LogP contribution in [0, 0.1) is 0 Å². The number of anilines is 1. The molecule has 192 valence electrons. The van der Waals surface area contributed by atoms with Crippen LogP contribution in [0.25, 0.3) is 32.9 Å². The predicted octanol–water partition coefficient (Wildman–Crippen LogP) is 4.99. The molecule has 0 saturated heterocycles. The molecule has 0 bridgehead atoms. The Bertz CT molecular complexity index is 1750. The second-order valence-electron chi connectivity index (χ2n) is 9.21. The molecule has 3 aromatic heterocycles. The van der Waals surface area contributed by atoms with E-state index in [1.807, 2.05) is 0 Å². The monoisotopic (exact) mass is 518 g/mol. The third kappa shape index (κ3) is 3.78. The van der Waals surface area contributed by atoms with Crippen LogP contribution < -0.4 is 10.5 Å². The van der Waals surface area contributed by atoms with Crippen molar-refractivity contribution < 1.29 is 22.7 Å². The van der Waals surface area contributed by atoms with Crippen LogP contribution in [0.2, 0.25) is 0 Å². The van der Waals surface area contributed by atoms with Crippen LogP contribution in [0.1, 0.15) is 27.5 Å². The number of carbonyl (C=O) groups excluding carboxylic acids is 1. The van der Waals surface area contributed by atoms with Crippen molar-refractivity contribution in [3.63, 3.8) is 0 Å². The van der Waals surface area contributed by atoms with Gasteiger partial charge < -0.3 is 15.4 Å². The highest BCUT2D eigenvalue weighted by Crippen LogP contribution is 2.40. The van der Waals surface area contributed by atoms with Gasteiger partial charge in [-0.15, -0.1) is 0 Å². The summed E-state index contributed by atoms with van der Waals surface area (Å²) in [6.07, 6.45) is -0.672. The molecular weight excluding hydrogens is 497 g/mol. The van der Waals surface area contributed by atoms with Crippen LogP contribution >= 0.6 is 0 Å². The summed E-state index contributed by atoms with van der Waals surface area (Å²) >= 11 is 0. The average molecular weight is 518 g/mol. The minimum Gasteiger partial charge on any atom is -0.491 e. The lowest BCUT2D eigenvalue weighted by Gasteiger charge is -2.24. The third-order valence-electron chi connectivity index (χ3n) is 6.91. The van der Waals surface area contributed by atoms with Crippen LogP contribution in [0.3, 0.4) is 0 Å². The van der Waals surface area contributed by atoms with Crippen molar-refractivity contribution in [2.24, 2.45) is 7.05 Å². The second kappa shape index (κ2) is 8.44. The largest absolute Gasteiger partial charge is 0.491 e. The predicted molar refractivity (Wildman–Crippen MR) is 135 cm³/mol. The molecule has 0 radical (unpaired) electrons. The molecule has 4 heterocycles. The molecule has 38 heavy (non-hydrogen) atoms. The molecule has 0 fully saturated rings. The van der Waals surface area contributed by atoms with Crippen LogP contribution in [0.4, 0.5) is 19.0 Å². The molecule has 0 saturated carbocycles. The van der Waals surface area contributed by atoms with E-state index in [2.05, 4.69) is 15.1 Å². The van der Waals surface area contributed by atoms with Crippen molar-refractivity contribution >= 4 is 33.5 Å². The summed E-state index contributed by atoms with van der Waals surface area (Å²) in [5.41, 5.74) is 8.80. The van der Waals surface area contributed by atoms with Gasteiger partial charge in [-0.2, -0.15) is 18.3 Å². The van der Waals surface area contributed by atoms with E-state index in [0.29, 0.717) is 39.2 Å². The molecule has 5 aromatic rings. The minimum absolute atomic E-state index is 0.216. The molecule has 0 spiro atoms. The summed E-state index contributed by atoms with van der Waals surface area (Å²) < 4.78 is 46.9. The Morgan fingerprint density at radius 1 is 1.08 bits per heavy atom. The van der Waals surface area contributed by atoms with E-state index in [-0.39, 0.29) is 18.6 Å². The zero-order valence-electron chi connectivity index (χ0n) is 20.3. The van der Waals surface area contributed by atoms with Gasteiger partial charge >= 0.3 is 6.18 Å². The molecule has 1 atom stereocenters. The Hall–Kier alpha value is -4.67. The topological polar surface area (TPSA) is 99.2 Å². The summed E-state index contributed by atoms with van der Waals surface area (Å²) in [7, 11) is 3.50. The number of benzene rings is 2. The average Bonchev–Trinajstić information content (AvgIpc) is 3.51. The van der Waals surface area contributed by atoms with Gasteiger partial charge in [0.25, 0.3) is 5.91 Å². The molecule has 0 aliphatic carbocycles. The third-order valence-corrected chi connectivity index (χ3v) is 6.91. The van der Waals surface area contributed by atoms with Crippen molar-refractivity contribution in [2.45, 2.75) is 12.2 Å². The quantitative estimate of drug-likeness (QED) is 0.361. The van der Waals surface area contributed by atoms with E-state index in [1.54, 1.807) is 66.3 Å². The van der Waals surface area contributed by atoms with Crippen molar-refractivity contribution in [1.82, 2.24) is 24.6 Å². The van der Waals surface area contributed by atoms with Gasteiger partial charge in [0.1, 0.15) is 18.2 Å². The number of halogens is 3. The fourth-order valence-electron chi connectivity index (χ4n) is 4.88. The first-order valence-electron chi connectivity index (χ1n) is 11.7. The normalized spacial score (nSPS) is 15.0. The van der Waals surface area contributed by atoms with Gasteiger partial charge in [0.05, 0.1) is 34.2 Å². The van der Waals surface area contributed by atoms with Crippen molar-refractivity contribution in [3.8, 4) is 16.9 Å². The van der Waals surface area contributed by atoms with E-state index in [1.165, 1.54) is 6.20 Å². The number of nitrogens with zero attached hydrogens (tertiary/aromatic N) is 5. The molecule has 2 aromatic carbocycles. The molecule has 2 N–H and O–H groups in total. The summed E-state index contributed by atoms with van der Waals surface area (Å²) in [6, 6.07) is 11.1. The lowest BCUT2D eigenvalue weighted by atomic mass is 10.00. The minimum atomic E-state index is -4.49. The Balaban J connectivity index is 1.31. The van der Waals surface area contributed by atoms with Crippen LogP contribution in [-0.2, 0) is 13.2 Å². The molecule has 1 aliphatic heterocycles. The summed E-state index contributed by atoms with van der Waals surface area (Å²) in [4.78, 5) is 23.3. The Morgan fingerprint density at radius 2 is 1.89 bits per heavy atom. The zero-order valence-corrected chi connectivity index (χ0v) is 20.3. The first-order chi connectivity index (χ1) is 18.1. The summed E-state index contributed by atoms with van der Waals surface area (Å²) in [5.74, 6) is 0.669. The molecule has 11 heteroatoms. The number of nitrogens with two attached hydrogens (primary N) is 1. The number of hydrogen-bond donors (Lipinski definition) is 1. The van der Waals surface area contributed by atoms with Crippen LogP contribution in [0.5, 0.6) is 5.75 Å².